The molecular formula is C24H29N5O3S. The van der Waals surface area contributed by atoms with E-state index in [2.05, 4.69) is 0 Å². The summed E-state index contributed by atoms with van der Waals surface area (Å²) in [6.45, 7) is 5.73. The van der Waals surface area contributed by atoms with Gasteiger partial charge in [0.25, 0.3) is 16.1 Å². The molecule has 0 atom stereocenters. The molecule has 0 unspecified atom stereocenters. The Morgan fingerprint density at radius 1 is 0.909 bits per heavy atom. The van der Waals surface area contributed by atoms with Crippen LogP contribution in [-0.2, 0) is 10.2 Å². The highest BCUT2D eigenvalue weighted by atomic mass is 32.2. The standard InChI is InChI=1S/C24H29N5O3S/c1-3-27(4-2)33(31,32)28-17-15-26(16-18-28)24(30)23-19-22(20-11-7-5-8-12-20)25-29(23)21-13-9-6-10-14-21/h5-14,19H,3-4,15-18H2,1-2H3. The molecule has 1 saturated heterocycles. The van der Waals surface area contributed by atoms with E-state index in [-0.39, 0.29) is 19.0 Å². The van der Waals surface area contributed by atoms with Crippen molar-refractivity contribution in [3.8, 4) is 16.9 Å². The van der Waals surface area contributed by atoms with Gasteiger partial charge in [0.05, 0.1) is 11.4 Å². The Balaban J connectivity index is 1.59. The number of piperazine rings is 1. The molecule has 33 heavy (non-hydrogen) atoms. The van der Waals surface area contributed by atoms with E-state index in [1.807, 2.05) is 80.6 Å². The molecule has 0 bridgehead atoms. The minimum Gasteiger partial charge on any atom is -0.335 e. The summed E-state index contributed by atoms with van der Waals surface area (Å²) in [5.41, 5.74) is 2.90. The number of carbonyl (C=O) groups is 1. The van der Waals surface area contributed by atoms with Crippen molar-refractivity contribution in [3.63, 3.8) is 0 Å². The summed E-state index contributed by atoms with van der Waals surface area (Å²) >= 11 is 0. The molecule has 3 aromatic rings. The highest BCUT2D eigenvalue weighted by molar-refractivity contribution is 7.86. The number of para-hydroxylation sites is 1. The second-order valence-electron chi connectivity index (χ2n) is 7.81. The molecule has 0 spiro atoms. The number of hydrogen-bond acceptors (Lipinski definition) is 4. The quantitative estimate of drug-likeness (QED) is 0.535. The Labute approximate surface area is 195 Å². The normalized spacial score (nSPS) is 15.2. The van der Waals surface area contributed by atoms with Crippen molar-refractivity contribution in [2.75, 3.05) is 39.3 Å². The van der Waals surface area contributed by atoms with Crippen LogP contribution in [0.25, 0.3) is 16.9 Å². The van der Waals surface area contributed by atoms with Crippen LogP contribution in [0, 0.1) is 0 Å². The zero-order chi connectivity index (χ0) is 23.4. The van der Waals surface area contributed by atoms with Crippen LogP contribution in [-0.4, -0.2) is 76.9 Å². The Bertz CT molecular complexity index is 1180. The lowest BCUT2D eigenvalue weighted by atomic mass is 10.1. The topological polar surface area (TPSA) is 78.8 Å². The van der Waals surface area contributed by atoms with Crippen molar-refractivity contribution in [1.29, 1.82) is 0 Å². The van der Waals surface area contributed by atoms with Crippen molar-refractivity contribution in [3.05, 3.63) is 72.4 Å². The van der Waals surface area contributed by atoms with Crippen LogP contribution in [0.1, 0.15) is 24.3 Å². The van der Waals surface area contributed by atoms with Crippen molar-refractivity contribution in [2.45, 2.75) is 13.8 Å². The largest absolute Gasteiger partial charge is 0.335 e. The molecule has 4 rings (SSSR count). The SMILES string of the molecule is CCN(CC)S(=O)(=O)N1CCN(C(=O)c2cc(-c3ccccc3)nn2-c2ccccc2)CC1. The minimum atomic E-state index is -3.51. The van der Waals surface area contributed by atoms with Gasteiger partial charge in [0.1, 0.15) is 5.69 Å². The summed E-state index contributed by atoms with van der Waals surface area (Å²) in [6.07, 6.45) is 0. The smallest absolute Gasteiger partial charge is 0.282 e. The maximum atomic E-state index is 13.5. The first kappa shape index (κ1) is 23.2. The van der Waals surface area contributed by atoms with Crippen LogP contribution in [0.5, 0.6) is 0 Å². The Kier molecular flexibility index (Phi) is 6.92. The first-order valence-corrected chi connectivity index (χ1v) is 12.6. The fourth-order valence-electron chi connectivity index (χ4n) is 4.05. The first-order valence-electron chi connectivity index (χ1n) is 11.2. The predicted octanol–water partition coefficient (Wildman–Crippen LogP) is 2.88. The van der Waals surface area contributed by atoms with Gasteiger partial charge in [-0.15, -0.1) is 0 Å². The van der Waals surface area contributed by atoms with Crippen molar-refractivity contribution in [2.24, 2.45) is 0 Å². The lowest BCUT2D eigenvalue weighted by Crippen LogP contribution is -2.54. The number of hydrogen-bond donors (Lipinski definition) is 0. The van der Waals surface area contributed by atoms with Gasteiger partial charge in [-0.2, -0.15) is 22.1 Å². The van der Waals surface area contributed by atoms with E-state index in [0.29, 0.717) is 37.6 Å². The molecule has 2 heterocycles. The molecule has 0 saturated carbocycles. The number of amides is 1. The third-order valence-corrected chi connectivity index (χ3v) is 8.07. The van der Waals surface area contributed by atoms with Gasteiger partial charge in [0.15, 0.2) is 0 Å². The number of nitrogens with zero attached hydrogens (tertiary/aromatic N) is 5. The third-order valence-electron chi connectivity index (χ3n) is 5.88. The summed E-state index contributed by atoms with van der Waals surface area (Å²) in [5.74, 6) is -0.159. The zero-order valence-corrected chi connectivity index (χ0v) is 19.8. The highest BCUT2D eigenvalue weighted by Crippen LogP contribution is 2.23. The molecule has 1 amide bonds. The van der Waals surface area contributed by atoms with Crippen molar-refractivity contribution >= 4 is 16.1 Å². The van der Waals surface area contributed by atoms with Gasteiger partial charge in [-0.1, -0.05) is 62.4 Å². The molecule has 1 aliphatic heterocycles. The molecule has 1 aliphatic rings. The highest BCUT2D eigenvalue weighted by Gasteiger charge is 2.33. The summed E-state index contributed by atoms with van der Waals surface area (Å²) in [7, 11) is -3.51. The Morgan fingerprint density at radius 3 is 2.06 bits per heavy atom. The molecule has 9 heteroatoms. The van der Waals surface area contributed by atoms with Crippen LogP contribution >= 0.6 is 0 Å². The van der Waals surface area contributed by atoms with Gasteiger partial charge in [-0.25, -0.2) is 4.68 Å². The van der Waals surface area contributed by atoms with Gasteiger partial charge in [0.2, 0.25) is 0 Å². The third kappa shape index (κ3) is 4.71. The van der Waals surface area contributed by atoms with Crippen LogP contribution in [0.2, 0.25) is 0 Å². The number of carbonyl (C=O) groups excluding carboxylic acids is 1. The van der Waals surface area contributed by atoms with Gasteiger partial charge < -0.3 is 4.90 Å². The summed E-state index contributed by atoms with van der Waals surface area (Å²) in [6, 6.07) is 21.1. The molecule has 0 radical (unpaired) electrons. The van der Waals surface area contributed by atoms with Gasteiger partial charge in [-0.3, -0.25) is 4.79 Å². The molecule has 2 aromatic carbocycles. The molecule has 0 aliphatic carbocycles. The lowest BCUT2D eigenvalue weighted by molar-refractivity contribution is 0.0685. The van der Waals surface area contributed by atoms with Crippen LogP contribution in [0.15, 0.2) is 66.7 Å². The second kappa shape index (κ2) is 9.86. The van der Waals surface area contributed by atoms with Crippen LogP contribution < -0.4 is 0 Å². The van der Waals surface area contributed by atoms with E-state index in [9.17, 15) is 13.2 Å². The molecule has 174 valence electrons. The van der Waals surface area contributed by atoms with E-state index in [1.54, 1.807) is 9.58 Å². The minimum absolute atomic E-state index is 0.159. The molecular weight excluding hydrogens is 438 g/mol. The Morgan fingerprint density at radius 2 is 1.48 bits per heavy atom. The van der Waals surface area contributed by atoms with Gasteiger partial charge in [0, 0.05) is 44.8 Å². The van der Waals surface area contributed by atoms with E-state index in [4.69, 9.17) is 5.10 Å². The fraction of sp³-hybridized carbons (Fsp3) is 0.333. The summed E-state index contributed by atoms with van der Waals surface area (Å²) in [4.78, 5) is 15.2. The molecule has 1 fully saturated rings. The predicted molar refractivity (Wildman–Crippen MR) is 128 cm³/mol. The number of benzene rings is 2. The van der Waals surface area contributed by atoms with Gasteiger partial charge in [-0.05, 0) is 18.2 Å². The average molecular weight is 468 g/mol. The fourth-order valence-corrected chi connectivity index (χ4v) is 5.65. The van der Waals surface area contributed by atoms with Crippen molar-refractivity contribution < 1.29 is 13.2 Å². The van der Waals surface area contributed by atoms with E-state index in [0.717, 1.165) is 11.3 Å². The zero-order valence-electron chi connectivity index (χ0n) is 19.0. The van der Waals surface area contributed by atoms with E-state index >= 15 is 0 Å². The number of aromatic nitrogens is 2. The molecule has 8 nitrogen and oxygen atoms in total. The van der Waals surface area contributed by atoms with E-state index < -0.39 is 10.2 Å². The summed E-state index contributed by atoms with van der Waals surface area (Å²) in [5, 5.41) is 4.72. The summed E-state index contributed by atoms with van der Waals surface area (Å²) < 4.78 is 30.2. The lowest BCUT2D eigenvalue weighted by Gasteiger charge is -2.36. The maximum absolute atomic E-state index is 13.5. The van der Waals surface area contributed by atoms with Gasteiger partial charge >= 0.3 is 0 Å². The van der Waals surface area contributed by atoms with Crippen molar-refractivity contribution in [1.82, 2.24) is 23.3 Å². The molecule has 0 N–H and O–H groups in total. The molecule has 1 aromatic heterocycles. The monoisotopic (exact) mass is 467 g/mol. The number of rotatable bonds is 7. The van der Waals surface area contributed by atoms with Crippen LogP contribution in [0.3, 0.4) is 0 Å². The van der Waals surface area contributed by atoms with E-state index in [1.165, 1.54) is 8.61 Å². The second-order valence-corrected chi connectivity index (χ2v) is 9.74. The average Bonchev–Trinajstić information content (AvgIpc) is 3.31. The maximum Gasteiger partial charge on any atom is 0.282 e. The Hall–Kier alpha value is -3.01. The van der Waals surface area contributed by atoms with Crippen LogP contribution in [0.4, 0.5) is 0 Å². The first-order chi connectivity index (χ1) is 16.0.